The molecule has 17 heavy (non-hydrogen) atoms. The van der Waals surface area contributed by atoms with Gasteiger partial charge in [0.25, 0.3) is 0 Å². The van der Waals surface area contributed by atoms with Gasteiger partial charge in [-0.15, -0.1) is 6.42 Å². The van der Waals surface area contributed by atoms with Crippen molar-refractivity contribution >= 4 is 0 Å². The van der Waals surface area contributed by atoms with Crippen LogP contribution in [-0.2, 0) is 21.7 Å². The third-order valence-electron chi connectivity index (χ3n) is 0.586. The van der Waals surface area contributed by atoms with E-state index in [-0.39, 0.29) is 58.9 Å². The molecule has 0 unspecified atom stereocenters. The van der Waals surface area contributed by atoms with Crippen LogP contribution in [0.4, 0.5) is 0 Å². The smallest absolute Gasteiger partial charge is 0.0319 e. The van der Waals surface area contributed by atoms with Crippen LogP contribution in [0.25, 0.3) is 0 Å². The van der Waals surface area contributed by atoms with Gasteiger partial charge in [-0.1, -0.05) is 0 Å². The van der Waals surface area contributed by atoms with Gasteiger partial charge in [-0.3, -0.25) is 6.08 Å². The first-order chi connectivity index (χ1) is 5.50. The van der Waals surface area contributed by atoms with Gasteiger partial charge in [0, 0.05) is 43.0 Å². The van der Waals surface area contributed by atoms with Gasteiger partial charge in [0.1, 0.15) is 0 Å². The third kappa shape index (κ3) is 124. The SMILES string of the molecule is CO.CO.CO.[C-]1=CC=CC1.[CH3-].[CH3-].[CH3-].[CH3-].[CH3-].[Ti]. The number of aliphatic hydroxyl groups excluding tert-OH is 3. The van der Waals surface area contributed by atoms with Crippen LogP contribution in [0.2, 0.25) is 0 Å². The molecule has 0 saturated heterocycles. The first kappa shape index (κ1) is 67.7. The van der Waals surface area contributed by atoms with E-state index in [1.54, 1.807) is 0 Å². The van der Waals surface area contributed by atoms with E-state index < -0.39 is 0 Å². The Morgan fingerprint density at radius 1 is 0.765 bits per heavy atom. The summed E-state index contributed by atoms with van der Waals surface area (Å²) in [5.74, 6) is 0. The van der Waals surface area contributed by atoms with E-state index in [0.29, 0.717) is 0 Å². The third-order valence-corrected chi connectivity index (χ3v) is 0.586. The van der Waals surface area contributed by atoms with E-state index in [0.717, 1.165) is 27.8 Å². The van der Waals surface area contributed by atoms with E-state index in [1.807, 2.05) is 12.2 Å². The Morgan fingerprint density at radius 3 is 1.12 bits per heavy atom. The van der Waals surface area contributed by atoms with Crippen molar-refractivity contribution in [2.45, 2.75) is 6.42 Å². The van der Waals surface area contributed by atoms with Crippen molar-refractivity contribution in [3.05, 3.63) is 61.4 Å². The summed E-state index contributed by atoms with van der Waals surface area (Å²) in [7, 11) is 3.00. The molecule has 0 aromatic heterocycles. The standard InChI is InChI=1S/C5H5.3CH4O.5CH3.Ti/c1-2-4-5-3-1;3*1-2;;;;;;/h1-3H,4H2;3*2H,1H3;5*1H3;/q-1;;;;5*-1;. The van der Waals surface area contributed by atoms with Gasteiger partial charge in [0.15, 0.2) is 0 Å². The summed E-state index contributed by atoms with van der Waals surface area (Å²) in [5, 5.41) is 21.0. The van der Waals surface area contributed by atoms with Crippen molar-refractivity contribution in [3.63, 3.8) is 0 Å². The van der Waals surface area contributed by atoms with Crippen LogP contribution < -0.4 is 0 Å². The van der Waals surface area contributed by atoms with Crippen molar-refractivity contribution in [2.75, 3.05) is 21.3 Å². The summed E-state index contributed by atoms with van der Waals surface area (Å²) in [5.41, 5.74) is 0. The van der Waals surface area contributed by atoms with E-state index in [2.05, 4.69) is 12.2 Å². The minimum atomic E-state index is 0. The molecule has 1 aliphatic carbocycles. The largest absolute Gasteiger partial charge is 0.400 e. The van der Waals surface area contributed by atoms with Crippen LogP contribution in [-0.4, -0.2) is 36.6 Å². The molecule has 0 atom stereocenters. The molecule has 0 amide bonds. The molecular weight excluding hydrogens is 252 g/mol. The number of aliphatic hydroxyl groups is 3. The molecule has 1 aliphatic rings. The maximum Gasteiger partial charge on any atom is 0.0319 e. The van der Waals surface area contributed by atoms with Gasteiger partial charge in [-0.2, -0.15) is 6.08 Å². The fourth-order valence-corrected chi connectivity index (χ4v) is 0.340. The molecule has 0 aromatic rings. The number of rotatable bonds is 0. The molecule has 0 radical (unpaired) electrons. The Balaban J connectivity index is -0.00000000705. The van der Waals surface area contributed by atoms with Gasteiger partial charge in [0.2, 0.25) is 0 Å². The van der Waals surface area contributed by atoms with E-state index >= 15 is 0 Å². The molecule has 0 heterocycles. The molecule has 0 bridgehead atoms. The number of hydrogen-bond acceptors (Lipinski definition) is 3. The van der Waals surface area contributed by atoms with Crippen molar-refractivity contribution in [1.29, 1.82) is 0 Å². The van der Waals surface area contributed by atoms with Crippen LogP contribution in [0.5, 0.6) is 0 Å². The van der Waals surface area contributed by atoms with Gasteiger partial charge in [-0.05, 0) is 0 Å². The fraction of sp³-hybridized carbons (Fsp3) is 0.308. The summed E-state index contributed by atoms with van der Waals surface area (Å²) in [4.78, 5) is 0. The van der Waals surface area contributed by atoms with Crippen molar-refractivity contribution in [1.82, 2.24) is 0 Å². The molecule has 1 rings (SSSR count). The molecule has 3 nitrogen and oxygen atoms in total. The normalized spacial score (nSPS) is 6.24. The Morgan fingerprint density at radius 2 is 1.06 bits per heavy atom. The van der Waals surface area contributed by atoms with Crippen LogP contribution in [0, 0.1) is 43.2 Å². The van der Waals surface area contributed by atoms with E-state index in [4.69, 9.17) is 15.3 Å². The maximum absolute atomic E-state index is 7.00. The quantitative estimate of drug-likeness (QED) is 0.473. The second kappa shape index (κ2) is 142. The molecule has 0 aliphatic heterocycles. The minimum absolute atomic E-state index is 0. The Hall–Kier alpha value is 0.0743. The molecule has 3 N–H and O–H groups in total. The van der Waals surface area contributed by atoms with Gasteiger partial charge in [0.05, 0.1) is 0 Å². The molecular formula is C13H32O3Ti-6. The fourth-order valence-electron chi connectivity index (χ4n) is 0.340. The van der Waals surface area contributed by atoms with Crippen molar-refractivity contribution in [2.24, 2.45) is 0 Å². The van der Waals surface area contributed by atoms with Gasteiger partial charge < -0.3 is 52.5 Å². The number of allylic oxidation sites excluding steroid dienone is 4. The molecule has 112 valence electrons. The molecule has 4 heteroatoms. The summed E-state index contributed by atoms with van der Waals surface area (Å²) in [6.07, 6.45) is 10.0. The second-order valence-electron chi connectivity index (χ2n) is 1.00. The summed E-state index contributed by atoms with van der Waals surface area (Å²) in [6, 6.07) is 0. The average molecular weight is 284 g/mol. The number of hydrogen-bond donors (Lipinski definition) is 3. The molecule has 0 fully saturated rings. The van der Waals surface area contributed by atoms with E-state index in [9.17, 15) is 0 Å². The molecule has 0 saturated carbocycles. The first-order valence-corrected chi connectivity index (χ1v) is 3.06. The zero-order valence-corrected chi connectivity index (χ0v) is 14.3. The van der Waals surface area contributed by atoms with Crippen LogP contribution in [0.15, 0.2) is 18.2 Å². The van der Waals surface area contributed by atoms with Gasteiger partial charge in [-0.25, -0.2) is 12.2 Å². The summed E-state index contributed by atoms with van der Waals surface area (Å²) >= 11 is 0. The Bertz CT molecular complexity index is 74.7. The first-order valence-electron chi connectivity index (χ1n) is 3.06. The summed E-state index contributed by atoms with van der Waals surface area (Å²) < 4.78 is 0. The topological polar surface area (TPSA) is 60.7 Å². The zero-order chi connectivity index (χ0) is 9.54. The second-order valence-corrected chi connectivity index (χ2v) is 1.00. The van der Waals surface area contributed by atoms with Crippen molar-refractivity contribution in [3.8, 4) is 0 Å². The predicted molar refractivity (Wildman–Crippen MR) is 78.1 cm³/mol. The maximum atomic E-state index is 7.00. The summed E-state index contributed by atoms with van der Waals surface area (Å²) in [6.45, 7) is 0. The predicted octanol–water partition coefficient (Wildman–Crippen LogP) is 2.38. The monoisotopic (exact) mass is 284 g/mol. The molecule has 0 aromatic carbocycles. The Labute approximate surface area is 126 Å². The van der Waals surface area contributed by atoms with Crippen LogP contribution in [0.3, 0.4) is 0 Å². The van der Waals surface area contributed by atoms with Crippen molar-refractivity contribution < 1.29 is 37.0 Å². The Kier molecular flexibility index (Phi) is 565. The van der Waals surface area contributed by atoms with Gasteiger partial charge >= 0.3 is 0 Å². The minimum Gasteiger partial charge on any atom is -0.400 e. The van der Waals surface area contributed by atoms with Crippen LogP contribution >= 0.6 is 0 Å². The zero-order valence-electron chi connectivity index (χ0n) is 12.8. The van der Waals surface area contributed by atoms with E-state index in [1.165, 1.54) is 0 Å². The average Bonchev–Trinajstić information content (AvgIpc) is 2.71. The van der Waals surface area contributed by atoms with Crippen LogP contribution in [0.1, 0.15) is 6.42 Å². The molecule has 0 spiro atoms.